The molecule has 2 unspecified atom stereocenters. The number of carbonyl (C=O) groups excluding carboxylic acids is 1. The number of esters is 1. The predicted molar refractivity (Wildman–Crippen MR) is 214 cm³/mol. The zero-order valence-electron chi connectivity index (χ0n) is 33.3. The van der Waals surface area contributed by atoms with Gasteiger partial charge in [-0.2, -0.15) is 0 Å². The third-order valence-electron chi connectivity index (χ3n) is 9.57. The monoisotopic (exact) mass is 682 g/mol. The topological polar surface area (TPSA) is 44.8 Å². The summed E-state index contributed by atoms with van der Waals surface area (Å²) < 4.78 is 16.5. The number of methoxy groups -OCH3 is 2. The average Bonchev–Trinajstić information content (AvgIpc) is 3.01. The number of hydrogen-bond acceptors (Lipinski definition) is 4. The Kier molecular flexibility index (Phi) is 18.0. The van der Waals surface area contributed by atoms with Crippen LogP contribution in [0.3, 0.4) is 0 Å². The summed E-state index contributed by atoms with van der Waals surface area (Å²) in [6.45, 7) is 22.6. The van der Waals surface area contributed by atoms with Crippen molar-refractivity contribution in [1.82, 2.24) is 0 Å². The van der Waals surface area contributed by atoms with Crippen LogP contribution in [0.25, 0.3) is 0 Å². The Morgan fingerprint density at radius 2 is 1.08 bits per heavy atom. The lowest BCUT2D eigenvalue weighted by molar-refractivity contribution is -0.150. The average molecular weight is 683 g/mol. The molecule has 2 aliphatic rings. The highest BCUT2D eigenvalue weighted by Gasteiger charge is 2.34. The molecule has 0 bridgehead atoms. The summed E-state index contributed by atoms with van der Waals surface area (Å²) in [5, 5.41) is 0. The number of carbonyl (C=O) groups is 1. The van der Waals surface area contributed by atoms with Crippen molar-refractivity contribution in [3.05, 3.63) is 130 Å². The van der Waals surface area contributed by atoms with Crippen molar-refractivity contribution in [1.29, 1.82) is 0 Å². The molecule has 2 atom stereocenters. The fourth-order valence-corrected chi connectivity index (χ4v) is 6.92. The van der Waals surface area contributed by atoms with Crippen LogP contribution in [0, 0.1) is 10.8 Å². The second kappa shape index (κ2) is 21.0. The molecule has 0 aromatic heterocycles. The maximum atomic E-state index is 12.2. The van der Waals surface area contributed by atoms with Gasteiger partial charge in [-0.25, -0.2) is 0 Å². The van der Waals surface area contributed by atoms with Crippen LogP contribution in [0.2, 0.25) is 0 Å². The van der Waals surface area contributed by atoms with E-state index >= 15 is 0 Å². The van der Waals surface area contributed by atoms with Crippen LogP contribution in [0.1, 0.15) is 108 Å². The normalized spacial score (nSPS) is 22.8. The highest BCUT2D eigenvalue weighted by atomic mass is 16.5. The van der Waals surface area contributed by atoms with Crippen LogP contribution in [0.5, 0.6) is 0 Å². The summed E-state index contributed by atoms with van der Waals surface area (Å²) in [4.78, 5) is 12.2. The predicted octanol–water partition coefficient (Wildman–Crippen LogP) is 12.2. The van der Waals surface area contributed by atoms with Crippen LogP contribution in [-0.2, 0) is 19.0 Å². The maximum Gasteiger partial charge on any atom is 0.306 e. The van der Waals surface area contributed by atoms with E-state index in [2.05, 4.69) is 154 Å². The minimum Gasteiger partial charge on any atom is -0.462 e. The molecule has 2 rings (SSSR count). The van der Waals surface area contributed by atoms with E-state index in [1.807, 2.05) is 7.11 Å². The minimum absolute atomic E-state index is 0.0630. The van der Waals surface area contributed by atoms with Crippen LogP contribution in [0.4, 0.5) is 0 Å². The number of rotatable bonds is 16. The summed E-state index contributed by atoms with van der Waals surface area (Å²) in [5.41, 5.74) is 10.3. The van der Waals surface area contributed by atoms with Crippen molar-refractivity contribution in [3.63, 3.8) is 0 Å². The molecule has 4 nitrogen and oxygen atoms in total. The first kappa shape index (κ1) is 42.7. The Morgan fingerprint density at radius 1 is 0.660 bits per heavy atom. The van der Waals surface area contributed by atoms with Crippen molar-refractivity contribution in [2.24, 2.45) is 10.8 Å². The largest absolute Gasteiger partial charge is 0.462 e. The molecule has 0 radical (unpaired) electrons. The molecule has 0 amide bonds. The molecular formula is C46H66O4. The quantitative estimate of drug-likeness (QED) is 0.0923. The van der Waals surface area contributed by atoms with Crippen molar-refractivity contribution in [2.75, 3.05) is 20.8 Å². The molecule has 0 aliphatic heterocycles. The first-order chi connectivity index (χ1) is 23.6. The van der Waals surface area contributed by atoms with Gasteiger partial charge in [-0.1, -0.05) is 146 Å². The molecule has 0 saturated heterocycles. The highest BCUT2D eigenvalue weighted by molar-refractivity contribution is 5.69. The summed E-state index contributed by atoms with van der Waals surface area (Å²) >= 11 is 0. The van der Waals surface area contributed by atoms with Gasteiger partial charge in [0, 0.05) is 33.7 Å². The van der Waals surface area contributed by atoms with Gasteiger partial charge in [0.05, 0.1) is 6.10 Å². The minimum atomic E-state index is -0.129. The first-order valence-electron chi connectivity index (χ1n) is 18.3. The molecule has 0 spiro atoms. The Hall–Kier alpha value is -3.47. The summed E-state index contributed by atoms with van der Waals surface area (Å²) in [6, 6.07) is 0. The van der Waals surface area contributed by atoms with Crippen molar-refractivity contribution < 1.29 is 19.0 Å². The molecule has 0 heterocycles. The standard InChI is InChI=1S/C46H66O4/c1-34(20-15-22-36(3)25-27-42-38(5)30-40(49-12)32-45(42,7)8)18-13-14-19-35(2)21-16-23-37(4)26-28-43-39(6)31-41(33-46(43,9)10)50-44(47)24-17-29-48-11/h13-16,18-23,25-28,40-41H,17,24,29-33H2,1-12H3/b14-13+,20-15+,21-16+,27-25+,28-26+,34-18+,35-19+,36-22+,37-23+. The smallest absolute Gasteiger partial charge is 0.306 e. The summed E-state index contributed by atoms with van der Waals surface area (Å²) in [5.74, 6) is -0.129. The maximum absolute atomic E-state index is 12.2. The third-order valence-corrected chi connectivity index (χ3v) is 9.57. The first-order valence-corrected chi connectivity index (χ1v) is 18.3. The van der Waals surface area contributed by atoms with E-state index in [1.165, 1.54) is 44.6 Å². The van der Waals surface area contributed by atoms with E-state index < -0.39 is 0 Å². The van der Waals surface area contributed by atoms with Crippen LogP contribution >= 0.6 is 0 Å². The van der Waals surface area contributed by atoms with E-state index in [0.29, 0.717) is 25.6 Å². The molecule has 4 heteroatoms. The second-order valence-corrected chi connectivity index (χ2v) is 15.5. The van der Waals surface area contributed by atoms with E-state index in [9.17, 15) is 4.79 Å². The number of hydrogen-bond donors (Lipinski definition) is 0. The Labute approximate surface area is 305 Å². The van der Waals surface area contributed by atoms with Crippen molar-refractivity contribution in [3.8, 4) is 0 Å². The summed E-state index contributed by atoms with van der Waals surface area (Å²) in [7, 11) is 3.47. The fraction of sp³-hybridized carbons (Fsp3) is 0.500. The van der Waals surface area contributed by atoms with Gasteiger partial charge in [0.2, 0.25) is 0 Å². The highest BCUT2D eigenvalue weighted by Crippen LogP contribution is 2.43. The lowest BCUT2D eigenvalue weighted by Gasteiger charge is -2.37. The number of allylic oxidation sites excluding steroid dienone is 20. The van der Waals surface area contributed by atoms with Crippen LogP contribution in [-0.4, -0.2) is 39.0 Å². The Bertz CT molecular complexity index is 1490. The Balaban J connectivity index is 1.90. The van der Waals surface area contributed by atoms with Crippen LogP contribution in [0.15, 0.2) is 130 Å². The second-order valence-electron chi connectivity index (χ2n) is 15.5. The zero-order chi connectivity index (χ0) is 37.3. The van der Waals surface area contributed by atoms with Gasteiger partial charge >= 0.3 is 5.97 Å². The third kappa shape index (κ3) is 15.2. The Morgan fingerprint density at radius 3 is 1.52 bits per heavy atom. The fourth-order valence-electron chi connectivity index (χ4n) is 6.92. The molecule has 274 valence electrons. The van der Waals surface area contributed by atoms with E-state index in [4.69, 9.17) is 14.2 Å². The van der Waals surface area contributed by atoms with Gasteiger partial charge in [-0.3, -0.25) is 4.79 Å². The molecule has 0 fully saturated rings. The van der Waals surface area contributed by atoms with E-state index in [-0.39, 0.29) is 22.9 Å². The van der Waals surface area contributed by atoms with Gasteiger partial charge in [-0.15, -0.1) is 0 Å². The lowest BCUT2D eigenvalue weighted by Crippen LogP contribution is -2.31. The van der Waals surface area contributed by atoms with Gasteiger partial charge in [0.1, 0.15) is 6.10 Å². The van der Waals surface area contributed by atoms with E-state index in [1.54, 1.807) is 7.11 Å². The molecule has 0 N–H and O–H groups in total. The zero-order valence-corrected chi connectivity index (χ0v) is 33.3. The molecule has 0 aromatic rings. The van der Waals surface area contributed by atoms with Crippen LogP contribution < -0.4 is 0 Å². The molecule has 50 heavy (non-hydrogen) atoms. The molecule has 0 saturated carbocycles. The molecular weight excluding hydrogens is 617 g/mol. The van der Waals surface area contributed by atoms with Gasteiger partial charge in [0.15, 0.2) is 0 Å². The van der Waals surface area contributed by atoms with Crippen molar-refractivity contribution in [2.45, 2.75) is 120 Å². The van der Waals surface area contributed by atoms with Crippen molar-refractivity contribution >= 4 is 5.97 Å². The molecule has 2 aliphatic carbocycles. The van der Waals surface area contributed by atoms with Gasteiger partial charge in [0.25, 0.3) is 0 Å². The molecule has 0 aromatic carbocycles. The SMILES string of the molecule is COCCCC(=O)OC1CC(C)=C(/C=C/C(C)=C/C=C/C(C)=C/C=C/C=C(C)/C=C/C=C(C)/C=C/C2=C(C)CC(OC)CC2(C)C)C(C)(C)C1. The van der Waals surface area contributed by atoms with Gasteiger partial charge < -0.3 is 14.2 Å². The van der Waals surface area contributed by atoms with E-state index in [0.717, 1.165) is 25.7 Å². The lowest BCUT2D eigenvalue weighted by atomic mass is 9.71. The summed E-state index contributed by atoms with van der Waals surface area (Å²) in [6.07, 6.45) is 35.2. The van der Waals surface area contributed by atoms with Gasteiger partial charge in [-0.05, 0) is 89.2 Å². The number of ether oxygens (including phenoxy) is 3.